The lowest BCUT2D eigenvalue weighted by atomic mass is 10.1. The zero-order valence-corrected chi connectivity index (χ0v) is 16.6. The van der Waals surface area contributed by atoms with E-state index in [2.05, 4.69) is 27.6 Å². The molecule has 7 heteroatoms. The van der Waals surface area contributed by atoms with Crippen molar-refractivity contribution in [2.24, 2.45) is 4.99 Å². The Hall–Kier alpha value is -2.55. The Kier molecular flexibility index (Phi) is 5.46. The Morgan fingerprint density at radius 1 is 1.04 bits per heavy atom. The molecule has 0 aliphatic carbocycles. The molecule has 0 aromatic heterocycles. The fourth-order valence-corrected chi connectivity index (χ4v) is 3.08. The van der Waals surface area contributed by atoms with Crippen molar-refractivity contribution in [3.05, 3.63) is 56.8 Å². The molecular formula is C19H16INO5. The maximum absolute atomic E-state index is 12.2. The number of aliphatic imine (C=N–C) groups is 1. The first-order valence-electron chi connectivity index (χ1n) is 7.65. The van der Waals surface area contributed by atoms with Gasteiger partial charge in [-0.05, 0) is 59.0 Å². The molecule has 134 valence electrons. The normalized spacial score (nSPS) is 14.8. The first kappa shape index (κ1) is 18.2. The molecule has 0 atom stereocenters. The first-order chi connectivity index (χ1) is 12.6. The van der Waals surface area contributed by atoms with Gasteiger partial charge < -0.3 is 18.9 Å². The number of halogens is 1. The molecule has 1 aliphatic rings. The van der Waals surface area contributed by atoms with Gasteiger partial charge in [-0.1, -0.05) is 6.07 Å². The van der Waals surface area contributed by atoms with Crippen LogP contribution >= 0.6 is 22.6 Å². The average molecular weight is 465 g/mol. The van der Waals surface area contributed by atoms with Gasteiger partial charge in [0.05, 0.1) is 21.3 Å². The fourth-order valence-electron chi connectivity index (χ4n) is 2.54. The minimum atomic E-state index is -0.518. The molecule has 0 amide bonds. The van der Waals surface area contributed by atoms with Crippen molar-refractivity contribution in [3.63, 3.8) is 0 Å². The van der Waals surface area contributed by atoms with E-state index in [4.69, 9.17) is 18.9 Å². The van der Waals surface area contributed by atoms with Gasteiger partial charge in [0.25, 0.3) is 0 Å². The van der Waals surface area contributed by atoms with Gasteiger partial charge in [-0.2, -0.15) is 0 Å². The molecule has 0 saturated heterocycles. The van der Waals surface area contributed by atoms with Crippen LogP contribution in [0.1, 0.15) is 11.1 Å². The summed E-state index contributed by atoms with van der Waals surface area (Å²) in [5.74, 6) is 1.18. The number of nitrogens with zero attached hydrogens (tertiary/aromatic N) is 1. The molecule has 0 N–H and O–H groups in total. The smallest absolute Gasteiger partial charge is 0.363 e. The number of cyclic esters (lactones) is 1. The maximum atomic E-state index is 12.2. The van der Waals surface area contributed by atoms with Gasteiger partial charge >= 0.3 is 5.97 Å². The second-order valence-corrected chi connectivity index (χ2v) is 6.52. The highest BCUT2D eigenvalue weighted by molar-refractivity contribution is 14.1. The summed E-state index contributed by atoms with van der Waals surface area (Å²) in [7, 11) is 4.59. The zero-order chi connectivity index (χ0) is 18.7. The Labute approximate surface area is 164 Å². The van der Waals surface area contributed by atoms with Gasteiger partial charge in [-0.25, -0.2) is 9.79 Å². The van der Waals surface area contributed by atoms with Gasteiger partial charge in [0, 0.05) is 14.7 Å². The molecule has 6 nitrogen and oxygen atoms in total. The Bertz CT molecular complexity index is 920. The summed E-state index contributed by atoms with van der Waals surface area (Å²) in [6.07, 6.45) is 1.60. The standard InChI is InChI=1S/C19H16INO5/c1-23-15-8-7-11(16(24-2)17(15)25-3)10-14-19(22)26-18(21-14)12-5-4-6-13(20)9-12/h4-10H,1-3H3. The molecule has 0 fully saturated rings. The summed E-state index contributed by atoms with van der Waals surface area (Å²) in [5, 5.41) is 0. The molecule has 2 aromatic rings. The summed E-state index contributed by atoms with van der Waals surface area (Å²) in [5.41, 5.74) is 1.56. The van der Waals surface area contributed by atoms with Gasteiger partial charge in [0.2, 0.25) is 11.6 Å². The van der Waals surface area contributed by atoms with E-state index in [0.29, 0.717) is 22.8 Å². The van der Waals surface area contributed by atoms with Crippen LogP contribution in [0.15, 0.2) is 47.1 Å². The van der Waals surface area contributed by atoms with Gasteiger partial charge in [-0.3, -0.25) is 0 Å². The average Bonchev–Trinajstić information content (AvgIpc) is 3.01. The predicted octanol–water partition coefficient (Wildman–Crippen LogP) is 3.66. The first-order valence-corrected chi connectivity index (χ1v) is 8.72. The predicted molar refractivity (Wildman–Crippen MR) is 106 cm³/mol. The number of benzene rings is 2. The van der Waals surface area contributed by atoms with Crippen molar-refractivity contribution in [2.45, 2.75) is 0 Å². The number of ether oxygens (including phenoxy) is 4. The Morgan fingerprint density at radius 3 is 2.46 bits per heavy atom. The van der Waals surface area contributed by atoms with Crippen molar-refractivity contribution in [1.82, 2.24) is 0 Å². The number of methoxy groups -OCH3 is 3. The van der Waals surface area contributed by atoms with Crippen LogP contribution in [0.2, 0.25) is 0 Å². The summed E-state index contributed by atoms with van der Waals surface area (Å²) in [6, 6.07) is 11.1. The van der Waals surface area contributed by atoms with Crippen LogP contribution in [-0.2, 0) is 9.53 Å². The zero-order valence-electron chi connectivity index (χ0n) is 14.4. The number of esters is 1. The Balaban J connectivity index is 2.03. The minimum absolute atomic E-state index is 0.185. The largest absolute Gasteiger partial charge is 0.493 e. The van der Waals surface area contributed by atoms with E-state index in [1.807, 2.05) is 24.3 Å². The summed E-state index contributed by atoms with van der Waals surface area (Å²) in [4.78, 5) is 16.5. The van der Waals surface area contributed by atoms with E-state index in [9.17, 15) is 4.79 Å². The number of carbonyl (C=O) groups is 1. The molecule has 2 aromatic carbocycles. The topological polar surface area (TPSA) is 66.4 Å². The van der Waals surface area contributed by atoms with Crippen LogP contribution in [0.3, 0.4) is 0 Å². The van der Waals surface area contributed by atoms with E-state index in [1.165, 1.54) is 14.2 Å². The van der Waals surface area contributed by atoms with Gasteiger partial charge in [0.1, 0.15) is 0 Å². The third-order valence-corrected chi connectivity index (χ3v) is 4.39. The third kappa shape index (κ3) is 3.52. The highest BCUT2D eigenvalue weighted by atomic mass is 127. The molecular weight excluding hydrogens is 449 g/mol. The highest BCUT2D eigenvalue weighted by Gasteiger charge is 2.25. The summed E-state index contributed by atoms with van der Waals surface area (Å²) >= 11 is 2.19. The third-order valence-electron chi connectivity index (χ3n) is 3.72. The molecule has 0 saturated carbocycles. The van der Waals surface area contributed by atoms with E-state index < -0.39 is 5.97 Å². The van der Waals surface area contributed by atoms with Gasteiger partial charge in [-0.15, -0.1) is 0 Å². The molecule has 0 bridgehead atoms. The number of hydrogen-bond donors (Lipinski definition) is 0. The SMILES string of the molecule is COc1ccc(C=C2N=C(c3cccc(I)c3)OC2=O)c(OC)c1OC. The molecule has 1 aliphatic heterocycles. The second-order valence-electron chi connectivity index (χ2n) is 5.27. The monoisotopic (exact) mass is 465 g/mol. The van der Waals surface area contributed by atoms with E-state index in [1.54, 1.807) is 25.3 Å². The molecule has 0 unspecified atom stereocenters. The van der Waals surface area contributed by atoms with Crippen molar-refractivity contribution >= 4 is 40.5 Å². The van der Waals surface area contributed by atoms with E-state index in [-0.39, 0.29) is 11.6 Å². The quantitative estimate of drug-likeness (QED) is 0.383. The minimum Gasteiger partial charge on any atom is -0.493 e. The summed E-state index contributed by atoms with van der Waals surface area (Å²) in [6.45, 7) is 0. The molecule has 0 radical (unpaired) electrons. The van der Waals surface area contributed by atoms with Crippen molar-refractivity contribution in [2.75, 3.05) is 21.3 Å². The van der Waals surface area contributed by atoms with Crippen LogP contribution in [0.5, 0.6) is 17.2 Å². The van der Waals surface area contributed by atoms with Crippen LogP contribution < -0.4 is 14.2 Å². The Morgan fingerprint density at radius 2 is 1.81 bits per heavy atom. The molecule has 3 rings (SSSR count). The number of hydrogen-bond acceptors (Lipinski definition) is 6. The van der Waals surface area contributed by atoms with Crippen LogP contribution in [0, 0.1) is 3.57 Å². The van der Waals surface area contributed by atoms with E-state index >= 15 is 0 Å². The summed E-state index contributed by atoms with van der Waals surface area (Å²) < 4.78 is 22.4. The van der Waals surface area contributed by atoms with Crippen LogP contribution in [0.4, 0.5) is 0 Å². The van der Waals surface area contributed by atoms with Gasteiger partial charge in [0.15, 0.2) is 17.2 Å². The second kappa shape index (κ2) is 7.77. The van der Waals surface area contributed by atoms with Crippen molar-refractivity contribution < 1.29 is 23.7 Å². The lowest BCUT2D eigenvalue weighted by Gasteiger charge is -2.14. The molecule has 26 heavy (non-hydrogen) atoms. The van der Waals surface area contributed by atoms with Crippen LogP contribution in [0.25, 0.3) is 6.08 Å². The lowest BCUT2D eigenvalue weighted by Crippen LogP contribution is -2.05. The highest BCUT2D eigenvalue weighted by Crippen LogP contribution is 2.40. The van der Waals surface area contributed by atoms with Crippen molar-refractivity contribution in [3.8, 4) is 17.2 Å². The molecule has 1 heterocycles. The van der Waals surface area contributed by atoms with Crippen LogP contribution in [-0.4, -0.2) is 33.2 Å². The molecule has 0 spiro atoms. The number of carbonyl (C=O) groups excluding carboxylic acids is 1. The lowest BCUT2D eigenvalue weighted by molar-refractivity contribution is -0.129. The van der Waals surface area contributed by atoms with Crippen molar-refractivity contribution in [1.29, 1.82) is 0 Å². The maximum Gasteiger partial charge on any atom is 0.363 e. The fraction of sp³-hybridized carbons (Fsp3) is 0.158. The van der Waals surface area contributed by atoms with E-state index in [0.717, 1.165) is 9.13 Å². The number of rotatable bonds is 5.